The molecule has 1 aromatic carbocycles. The summed E-state index contributed by atoms with van der Waals surface area (Å²) in [5.41, 5.74) is 5.92. The van der Waals surface area contributed by atoms with Crippen LogP contribution < -0.4 is 0 Å². The van der Waals surface area contributed by atoms with Crippen LogP contribution in [-0.4, -0.2) is 29.2 Å². The highest BCUT2D eigenvalue weighted by Gasteiger charge is 2.31. The highest BCUT2D eigenvalue weighted by Crippen LogP contribution is 2.27. The number of aryl methyl sites for hydroxylation is 2. The second-order valence-corrected chi connectivity index (χ2v) is 7.97. The summed E-state index contributed by atoms with van der Waals surface area (Å²) < 4.78 is 5.82. The Balaban J connectivity index is 1.92. The van der Waals surface area contributed by atoms with E-state index in [1.807, 2.05) is 25.1 Å². The Morgan fingerprint density at radius 3 is 2.35 bits per heavy atom. The Kier molecular flexibility index (Phi) is 4.94. The first-order valence-electron chi connectivity index (χ1n) is 9.05. The summed E-state index contributed by atoms with van der Waals surface area (Å²) in [6, 6.07) is 12.3. The SMILES string of the molecule is C/C(=N\c1c(C)cccc1C)c1cccc(C2=NC(C(C)(C)C)CO2)n1. The third kappa shape index (κ3) is 3.85. The molecule has 0 saturated heterocycles. The van der Waals surface area contributed by atoms with Crippen molar-refractivity contribution >= 4 is 17.3 Å². The summed E-state index contributed by atoms with van der Waals surface area (Å²) >= 11 is 0. The molecule has 0 spiro atoms. The van der Waals surface area contributed by atoms with Crippen molar-refractivity contribution in [2.24, 2.45) is 15.4 Å². The summed E-state index contributed by atoms with van der Waals surface area (Å²) in [4.78, 5) is 14.3. The third-order valence-corrected chi connectivity index (χ3v) is 4.71. The largest absolute Gasteiger partial charge is 0.474 e. The van der Waals surface area contributed by atoms with Crippen LogP contribution in [0.4, 0.5) is 5.69 Å². The molecule has 1 aliphatic rings. The van der Waals surface area contributed by atoms with Crippen molar-refractivity contribution in [3.05, 3.63) is 58.9 Å². The zero-order valence-electron chi connectivity index (χ0n) is 16.5. The van der Waals surface area contributed by atoms with Crippen molar-refractivity contribution < 1.29 is 4.74 Å². The molecular weight excluding hydrogens is 322 g/mol. The van der Waals surface area contributed by atoms with E-state index < -0.39 is 0 Å². The van der Waals surface area contributed by atoms with Gasteiger partial charge in [-0.2, -0.15) is 0 Å². The standard InChI is InChI=1S/C22H27N3O/c1-14-9-7-10-15(2)20(14)23-16(3)17-11-8-12-18(24-17)21-25-19(13-26-21)22(4,5)6/h7-12,19H,13H2,1-6H3/b23-16+. The number of aliphatic imine (C=N–C) groups is 2. The van der Waals surface area contributed by atoms with E-state index in [2.05, 4.69) is 52.8 Å². The lowest BCUT2D eigenvalue weighted by atomic mass is 9.88. The highest BCUT2D eigenvalue weighted by molar-refractivity contribution is 6.00. The summed E-state index contributed by atoms with van der Waals surface area (Å²) in [5.74, 6) is 0.631. The van der Waals surface area contributed by atoms with E-state index in [0.29, 0.717) is 12.5 Å². The molecule has 2 aromatic rings. The molecule has 0 saturated carbocycles. The van der Waals surface area contributed by atoms with E-state index >= 15 is 0 Å². The lowest BCUT2D eigenvalue weighted by molar-refractivity contribution is 0.235. The number of pyridine rings is 1. The molecule has 136 valence electrons. The maximum absolute atomic E-state index is 5.82. The maximum atomic E-state index is 5.82. The van der Waals surface area contributed by atoms with Crippen LogP contribution >= 0.6 is 0 Å². The third-order valence-electron chi connectivity index (χ3n) is 4.71. The molecule has 0 radical (unpaired) electrons. The second kappa shape index (κ2) is 7.02. The van der Waals surface area contributed by atoms with Gasteiger partial charge in [-0.1, -0.05) is 45.0 Å². The fraction of sp³-hybridized carbons (Fsp3) is 0.409. The highest BCUT2D eigenvalue weighted by atomic mass is 16.5. The normalized spacial score (nSPS) is 17.8. The Bertz CT molecular complexity index is 855. The van der Waals surface area contributed by atoms with E-state index in [1.165, 1.54) is 0 Å². The fourth-order valence-electron chi connectivity index (χ4n) is 2.92. The van der Waals surface area contributed by atoms with Crippen LogP contribution in [0, 0.1) is 19.3 Å². The summed E-state index contributed by atoms with van der Waals surface area (Å²) in [6.07, 6.45) is 0. The smallest absolute Gasteiger partial charge is 0.235 e. The second-order valence-electron chi connectivity index (χ2n) is 7.97. The average molecular weight is 349 g/mol. The molecule has 0 bridgehead atoms. The monoisotopic (exact) mass is 349 g/mol. The van der Waals surface area contributed by atoms with Crippen molar-refractivity contribution in [2.45, 2.75) is 47.6 Å². The Morgan fingerprint density at radius 2 is 1.73 bits per heavy atom. The molecule has 3 rings (SSSR count). The Hall–Kier alpha value is -2.49. The van der Waals surface area contributed by atoms with Crippen LogP contribution in [0.25, 0.3) is 0 Å². The van der Waals surface area contributed by atoms with Crippen molar-refractivity contribution in [3.8, 4) is 0 Å². The molecule has 0 N–H and O–H groups in total. The van der Waals surface area contributed by atoms with Crippen LogP contribution in [0.5, 0.6) is 0 Å². The molecule has 0 aliphatic carbocycles. The van der Waals surface area contributed by atoms with Gasteiger partial charge < -0.3 is 4.74 Å². The maximum Gasteiger partial charge on any atom is 0.235 e. The Morgan fingerprint density at radius 1 is 1.08 bits per heavy atom. The zero-order valence-corrected chi connectivity index (χ0v) is 16.5. The summed E-state index contributed by atoms with van der Waals surface area (Å²) in [5, 5.41) is 0. The topological polar surface area (TPSA) is 46.8 Å². The lowest BCUT2D eigenvalue weighted by Gasteiger charge is -2.21. The van der Waals surface area contributed by atoms with E-state index in [4.69, 9.17) is 19.7 Å². The number of hydrogen-bond donors (Lipinski definition) is 0. The predicted molar refractivity (Wildman–Crippen MR) is 108 cm³/mol. The van der Waals surface area contributed by atoms with Crippen molar-refractivity contribution in [1.29, 1.82) is 0 Å². The number of rotatable bonds is 3. The first-order chi connectivity index (χ1) is 12.3. The van der Waals surface area contributed by atoms with E-state index in [9.17, 15) is 0 Å². The van der Waals surface area contributed by atoms with Gasteiger partial charge in [0.05, 0.1) is 23.1 Å². The quantitative estimate of drug-likeness (QED) is 0.730. The molecular formula is C22H27N3O. The zero-order chi connectivity index (χ0) is 18.9. The Labute approximate surface area is 156 Å². The van der Waals surface area contributed by atoms with Gasteiger partial charge >= 0.3 is 0 Å². The molecule has 2 heterocycles. The minimum atomic E-state index is 0.0824. The van der Waals surface area contributed by atoms with Gasteiger partial charge in [0.1, 0.15) is 12.3 Å². The first kappa shape index (κ1) is 18.3. The number of para-hydroxylation sites is 1. The fourth-order valence-corrected chi connectivity index (χ4v) is 2.92. The molecule has 4 heteroatoms. The molecule has 1 unspecified atom stereocenters. The van der Waals surface area contributed by atoms with Gasteiger partial charge in [-0.15, -0.1) is 0 Å². The molecule has 4 nitrogen and oxygen atoms in total. The summed E-state index contributed by atoms with van der Waals surface area (Å²) in [6.45, 7) is 13.3. The van der Waals surface area contributed by atoms with E-state index in [0.717, 1.165) is 33.9 Å². The van der Waals surface area contributed by atoms with E-state index in [1.54, 1.807) is 0 Å². The van der Waals surface area contributed by atoms with Crippen molar-refractivity contribution in [2.75, 3.05) is 6.61 Å². The molecule has 1 aromatic heterocycles. The predicted octanol–water partition coefficient (Wildman–Crippen LogP) is 5.03. The average Bonchev–Trinajstić information content (AvgIpc) is 3.09. The van der Waals surface area contributed by atoms with Crippen LogP contribution in [0.2, 0.25) is 0 Å². The van der Waals surface area contributed by atoms with Gasteiger partial charge in [0, 0.05) is 0 Å². The first-order valence-corrected chi connectivity index (χ1v) is 9.05. The molecule has 26 heavy (non-hydrogen) atoms. The number of nitrogens with zero attached hydrogens (tertiary/aromatic N) is 3. The van der Waals surface area contributed by atoms with Gasteiger partial charge in [0.15, 0.2) is 0 Å². The number of benzene rings is 1. The van der Waals surface area contributed by atoms with Gasteiger partial charge in [0.2, 0.25) is 5.90 Å². The van der Waals surface area contributed by atoms with Crippen LogP contribution in [0.15, 0.2) is 46.4 Å². The minimum absolute atomic E-state index is 0.0824. The van der Waals surface area contributed by atoms with E-state index in [-0.39, 0.29) is 11.5 Å². The minimum Gasteiger partial charge on any atom is -0.474 e. The summed E-state index contributed by atoms with van der Waals surface area (Å²) in [7, 11) is 0. The van der Waals surface area contributed by atoms with Crippen LogP contribution in [-0.2, 0) is 4.74 Å². The molecule has 0 fully saturated rings. The molecule has 1 atom stereocenters. The molecule has 0 amide bonds. The van der Waals surface area contributed by atoms with Crippen LogP contribution in [0.1, 0.15) is 50.2 Å². The van der Waals surface area contributed by atoms with Crippen molar-refractivity contribution in [3.63, 3.8) is 0 Å². The number of hydrogen-bond acceptors (Lipinski definition) is 4. The van der Waals surface area contributed by atoms with Gasteiger partial charge in [-0.3, -0.25) is 4.99 Å². The number of aromatic nitrogens is 1. The van der Waals surface area contributed by atoms with Crippen molar-refractivity contribution in [1.82, 2.24) is 4.98 Å². The molecule has 1 aliphatic heterocycles. The van der Waals surface area contributed by atoms with Crippen LogP contribution in [0.3, 0.4) is 0 Å². The van der Waals surface area contributed by atoms with Gasteiger partial charge in [-0.25, -0.2) is 9.98 Å². The van der Waals surface area contributed by atoms with Gasteiger partial charge in [0.25, 0.3) is 0 Å². The number of ether oxygens (including phenoxy) is 1. The lowest BCUT2D eigenvalue weighted by Crippen LogP contribution is -2.25. The van der Waals surface area contributed by atoms with Gasteiger partial charge in [-0.05, 0) is 49.4 Å².